The molecule has 1 fully saturated rings. The fraction of sp³-hybridized carbons (Fsp3) is 0.429. The van der Waals surface area contributed by atoms with Gasteiger partial charge in [0.25, 0.3) is 5.91 Å². The second-order valence-electron chi connectivity index (χ2n) is 4.76. The van der Waals surface area contributed by atoms with E-state index in [1.807, 2.05) is 0 Å². The summed E-state index contributed by atoms with van der Waals surface area (Å²) in [7, 11) is 1.35. The summed E-state index contributed by atoms with van der Waals surface area (Å²) in [5, 5.41) is 0. The lowest BCUT2D eigenvalue weighted by molar-refractivity contribution is -0.123. The first kappa shape index (κ1) is 14.3. The van der Waals surface area contributed by atoms with Gasteiger partial charge in [0.2, 0.25) is 5.91 Å². The Morgan fingerprint density at radius 3 is 2.75 bits per heavy atom. The van der Waals surface area contributed by atoms with Crippen LogP contribution in [0.5, 0.6) is 5.75 Å². The quantitative estimate of drug-likeness (QED) is 0.907. The van der Waals surface area contributed by atoms with Crippen molar-refractivity contribution in [2.45, 2.75) is 25.3 Å². The van der Waals surface area contributed by atoms with Gasteiger partial charge in [-0.1, -0.05) is 0 Å². The Bertz CT molecular complexity index is 533. The van der Waals surface area contributed by atoms with E-state index in [0.717, 1.165) is 18.9 Å². The third-order valence-corrected chi connectivity index (χ3v) is 3.49. The van der Waals surface area contributed by atoms with Crippen molar-refractivity contribution in [3.8, 4) is 5.75 Å². The van der Waals surface area contributed by atoms with E-state index in [4.69, 9.17) is 10.5 Å². The van der Waals surface area contributed by atoms with Crippen molar-refractivity contribution < 1.29 is 18.7 Å². The van der Waals surface area contributed by atoms with Crippen LogP contribution in [-0.2, 0) is 4.79 Å². The molecule has 1 aliphatic rings. The Balaban J connectivity index is 2.25. The molecule has 0 saturated carbocycles. The molecule has 0 bridgehead atoms. The van der Waals surface area contributed by atoms with Crippen LogP contribution in [0.4, 0.5) is 4.39 Å². The Labute approximate surface area is 116 Å². The number of likely N-dealkylation sites (tertiary alicyclic amines) is 1. The van der Waals surface area contributed by atoms with Crippen molar-refractivity contribution >= 4 is 11.8 Å². The number of primary amides is 1. The van der Waals surface area contributed by atoms with E-state index in [9.17, 15) is 14.0 Å². The summed E-state index contributed by atoms with van der Waals surface area (Å²) in [4.78, 5) is 25.2. The third-order valence-electron chi connectivity index (χ3n) is 3.49. The highest BCUT2D eigenvalue weighted by molar-refractivity contribution is 5.97. The highest BCUT2D eigenvalue weighted by Crippen LogP contribution is 2.22. The molecule has 1 aromatic rings. The van der Waals surface area contributed by atoms with Gasteiger partial charge in [0.15, 0.2) is 11.6 Å². The number of benzene rings is 1. The number of amides is 2. The van der Waals surface area contributed by atoms with Crippen LogP contribution in [-0.4, -0.2) is 36.4 Å². The third kappa shape index (κ3) is 2.74. The van der Waals surface area contributed by atoms with E-state index in [-0.39, 0.29) is 17.2 Å². The number of carbonyl (C=O) groups excluding carboxylic acids is 2. The number of hydrogen-bond acceptors (Lipinski definition) is 3. The normalized spacial score (nSPS) is 18.7. The van der Waals surface area contributed by atoms with E-state index in [2.05, 4.69) is 0 Å². The smallest absolute Gasteiger partial charge is 0.254 e. The number of piperidine rings is 1. The van der Waals surface area contributed by atoms with E-state index < -0.39 is 17.8 Å². The molecule has 0 spiro atoms. The average Bonchev–Trinajstić information content (AvgIpc) is 2.46. The highest BCUT2D eigenvalue weighted by Gasteiger charge is 2.31. The van der Waals surface area contributed by atoms with Crippen molar-refractivity contribution in [1.82, 2.24) is 4.90 Å². The number of nitrogens with zero attached hydrogens (tertiary/aromatic N) is 1. The fourth-order valence-electron chi connectivity index (χ4n) is 2.44. The van der Waals surface area contributed by atoms with Crippen LogP contribution < -0.4 is 10.5 Å². The first-order valence-corrected chi connectivity index (χ1v) is 6.48. The van der Waals surface area contributed by atoms with Crippen LogP contribution in [0.2, 0.25) is 0 Å². The first-order chi connectivity index (χ1) is 9.54. The topological polar surface area (TPSA) is 72.6 Å². The van der Waals surface area contributed by atoms with E-state index in [1.165, 1.54) is 24.1 Å². The van der Waals surface area contributed by atoms with Gasteiger partial charge in [-0.05, 0) is 37.5 Å². The van der Waals surface area contributed by atoms with Crippen molar-refractivity contribution in [2.24, 2.45) is 5.73 Å². The summed E-state index contributed by atoms with van der Waals surface area (Å²) < 4.78 is 18.5. The average molecular weight is 280 g/mol. The summed E-state index contributed by atoms with van der Waals surface area (Å²) in [5.41, 5.74) is 5.51. The van der Waals surface area contributed by atoms with Gasteiger partial charge in [0, 0.05) is 12.1 Å². The lowest BCUT2D eigenvalue weighted by atomic mass is 10.00. The van der Waals surface area contributed by atoms with Crippen LogP contribution in [0.1, 0.15) is 29.6 Å². The lowest BCUT2D eigenvalue weighted by Crippen LogP contribution is -2.50. The minimum Gasteiger partial charge on any atom is -0.494 e. The zero-order valence-electron chi connectivity index (χ0n) is 11.3. The van der Waals surface area contributed by atoms with E-state index in [0.29, 0.717) is 13.0 Å². The molecule has 1 atom stereocenters. The maximum absolute atomic E-state index is 13.6. The van der Waals surface area contributed by atoms with Crippen molar-refractivity contribution in [3.05, 3.63) is 29.6 Å². The molecule has 6 heteroatoms. The monoisotopic (exact) mass is 280 g/mol. The van der Waals surface area contributed by atoms with Crippen LogP contribution in [0, 0.1) is 5.82 Å². The molecule has 20 heavy (non-hydrogen) atoms. The molecule has 0 radical (unpaired) electrons. The standard InChI is InChI=1S/C14H17FN2O3/c1-20-12-6-5-9(8-10(12)15)14(19)17-7-3-2-4-11(17)13(16)18/h5-6,8,11H,2-4,7H2,1H3,(H2,16,18). The SMILES string of the molecule is COc1ccc(C(=O)N2CCCCC2C(N)=O)cc1F. The van der Waals surface area contributed by atoms with E-state index >= 15 is 0 Å². The predicted molar refractivity (Wildman–Crippen MR) is 70.8 cm³/mol. The number of rotatable bonds is 3. The van der Waals surface area contributed by atoms with Gasteiger partial charge in [-0.25, -0.2) is 4.39 Å². The van der Waals surface area contributed by atoms with Crippen molar-refractivity contribution in [3.63, 3.8) is 0 Å². The number of halogens is 1. The second kappa shape index (κ2) is 5.90. The molecule has 1 aliphatic heterocycles. The highest BCUT2D eigenvalue weighted by atomic mass is 19.1. The van der Waals surface area contributed by atoms with E-state index in [1.54, 1.807) is 0 Å². The van der Waals surface area contributed by atoms with Gasteiger partial charge in [0.1, 0.15) is 6.04 Å². The number of carbonyl (C=O) groups is 2. The van der Waals surface area contributed by atoms with Gasteiger partial charge in [-0.3, -0.25) is 9.59 Å². The van der Waals surface area contributed by atoms with Gasteiger partial charge in [-0.15, -0.1) is 0 Å². The number of hydrogen-bond donors (Lipinski definition) is 1. The minimum atomic E-state index is -0.610. The zero-order valence-corrected chi connectivity index (χ0v) is 11.3. The predicted octanol–water partition coefficient (Wildman–Crippen LogP) is 1.31. The van der Waals surface area contributed by atoms with Crippen LogP contribution in [0.3, 0.4) is 0 Å². The Kier molecular flexibility index (Phi) is 4.22. The molecule has 0 aromatic heterocycles. The molecule has 1 heterocycles. The maximum Gasteiger partial charge on any atom is 0.254 e. The van der Waals surface area contributed by atoms with Gasteiger partial charge >= 0.3 is 0 Å². The maximum atomic E-state index is 13.6. The number of methoxy groups -OCH3 is 1. The van der Waals surface area contributed by atoms with Crippen LogP contribution >= 0.6 is 0 Å². The van der Waals surface area contributed by atoms with Crippen molar-refractivity contribution in [1.29, 1.82) is 0 Å². The Morgan fingerprint density at radius 2 is 2.15 bits per heavy atom. The molecule has 1 unspecified atom stereocenters. The summed E-state index contributed by atoms with van der Waals surface area (Å²) in [6.07, 6.45) is 2.22. The molecular formula is C14H17FN2O3. The summed E-state index contributed by atoms with van der Waals surface area (Å²) >= 11 is 0. The second-order valence-corrected chi connectivity index (χ2v) is 4.76. The summed E-state index contributed by atoms with van der Waals surface area (Å²) in [6.45, 7) is 0.458. The number of ether oxygens (including phenoxy) is 1. The lowest BCUT2D eigenvalue weighted by Gasteiger charge is -2.33. The van der Waals surface area contributed by atoms with Crippen LogP contribution in [0.15, 0.2) is 18.2 Å². The molecule has 2 amide bonds. The van der Waals surface area contributed by atoms with Crippen LogP contribution in [0.25, 0.3) is 0 Å². The largest absolute Gasteiger partial charge is 0.494 e. The van der Waals surface area contributed by atoms with Gasteiger partial charge in [-0.2, -0.15) is 0 Å². The van der Waals surface area contributed by atoms with Gasteiger partial charge < -0.3 is 15.4 Å². The summed E-state index contributed by atoms with van der Waals surface area (Å²) in [6, 6.07) is 3.39. The molecule has 5 nitrogen and oxygen atoms in total. The van der Waals surface area contributed by atoms with Crippen molar-refractivity contribution in [2.75, 3.05) is 13.7 Å². The molecule has 2 rings (SSSR count). The molecule has 108 valence electrons. The first-order valence-electron chi connectivity index (χ1n) is 6.48. The summed E-state index contributed by atoms with van der Waals surface area (Å²) in [5.74, 6) is -1.43. The fourth-order valence-corrected chi connectivity index (χ4v) is 2.44. The molecule has 2 N–H and O–H groups in total. The minimum absolute atomic E-state index is 0.0756. The van der Waals surface area contributed by atoms with Gasteiger partial charge in [0.05, 0.1) is 7.11 Å². The Morgan fingerprint density at radius 1 is 1.40 bits per heavy atom. The molecular weight excluding hydrogens is 263 g/mol. The molecule has 0 aliphatic carbocycles. The molecule has 1 aromatic carbocycles. The zero-order chi connectivity index (χ0) is 14.7. The molecule has 1 saturated heterocycles. The Hall–Kier alpha value is -2.11. The number of nitrogens with two attached hydrogens (primary N) is 1.